The fourth-order valence-corrected chi connectivity index (χ4v) is 5.31. The number of aromatic nitrogens is 1. The van der Waals surface area contributed by atoms with E-state index in [-0.39, 0.29) is 0 Å². The van der Waals surface area contributed by atoms with Gasteiger partial charge >= 0.3 is 0 Å². The van der Waals surface area contributed by atoms with E-state index in [2.05, 4.69) is 66.2 Å². The van der Waals surface area contributed by atoms with Gasteiger partial charge in [0, 0.05) is 24.5 Å². The Bertz CT molecular complexity index is 1020. The Balaban J connectivity index is 1.56. The number of pyridine rings is 1. The highest BCUT2D eigenvalue weighted by molar-refractivity contribution is 7.99. The number of nitrogens with zero attached hydrogens (tertiary/aromatic N) is 2. The molecule has 0 unspecified atom stereocenters. The van der Waals surface area contributed by atoms with E-state index in [9.17, 15) is 0 Å². The van der Waals surface area contributed by atoms with Crippen molar-refractivity contribution in [2.45, 2.75) is 43.4 Å². The van der Waals surface area contributed by atoms with Crippen LogP contribution in [0.1, 0.15) is 38.7 Å². The molecule has 0 saturated carbocycles. The number of thioether (sulfide) groups is 1. The molecule has 0 amide bonds. The van der Waals surface area contributed by atoms with Crippen LogP contribution in [0.4, 0.5) is 5.69 Å². The largest absolute Gasteiger partial charge is 0.492 e. The maximum Gasteiger partial charge on any atom is 0.143 e. The van der Waals surface area contributed by atoms with Gasteiger partial charge in [0.1, 0.15) is 5.75 Å². The SMILES string of the molecule is CCOc1cc(-c2ccccc2C(C)C)ccc1N1CC[C@H](Sc2ccc(Cl)cn2)C1. The van der Waals surface area contributed by atoms with E-state index in [0.717, 1.165) is 30.3 Å². The van der Waals surface area contributed by atoms with Crippen LogP contribution in [0.2, 0.25) is 5.02 Å². The molecule has 0 bridgehead atoms. The lowest BCUT2D eigenvalue weighted by Gasteiger charge is -2.23. The van der Waals surface area contributed by atoms with E-state index >= 15 is 0 Å². The fourth-order valence-electron chi connectivity index (χ4n) is 4.12. The summed E-state index contributed by atoms with van der Waals surface area (Å²) in [5, 5.41) is 2.21. The molecule has 0 N–H and O–H groups in total. The molecule has 0 spiro atoms. The number of hydrogen-bond donors (Lipinski definition) is 0. The zero-order valence-corrected chi connectivity index (χ0v) is 19.9. The molecule has 31 heavy (non-hydrogen) atoms. The second kappa shape index (κ2) is 9.97. The monoisotopic (exact) mass is 452 g/mol. The Morgan fingerprint density at radius 1 is 1.16 bits per heavy atom. The average Bonchev–Trinajstić information content (AvgIpc) is 3.24. The first-order valence-corrected chi connectivity index (χ1v) is 12.2. The molecule has 2 aromatic carbocycles. The first-order chi connectivity index (χ1) is 15.0. The summed E-state index contributed by atoms with van der Waals surface area (Å²) in [5.74, 6) is 1.44. The molecule has 1 saturated heterocycles. The minimum Gasteiger partial charge on any atom is -0.492 e. The molecule has 3 nitrogen and oxygen atoms in total. The Morgan fingerprint density at radius 2 is 2.00 bits per heavy atom. The molecule has 162 valence electrons. The Hall–Kier alpha value is -2.17. The van der Waals surface area contributed by atoms with Crippen molar-refractivity contribution < 1.29 is 4.74 Å². The third-order valence-corrected chi connectivity index (χ3v) is 7.05. The van der Waals surface area contributed by atoms with E-state index < -0.39 is 0 Å². The van der Waals surface area contributed by atoms with Crippen LogP contribution in [0.25, 0.3) is 11.1 Å². The number of ether oxygens (including phenoxy) is 1. The molecule has 5 heteroatoms. The summed E-state index contributed by atoms with van der Waals surface area (Å²) >= 11 is 7.80. The van der Waals surface area contributed by atoms with Crippen molar-refractivity contribution in [3.63, 3.8) is 0 Å². The van der Waals surface area contributed by atoms with E-state index in [1.54, 1.807) is 6.20 Å². The number of halogens is 1. The van der Waals surface area contributed by atoms with E-state index in [0.29, 0.717) is 22.8 Å². The van der Waals surface area contributed by atoms with Gasteiger partial charge in [0.15, 0.2) is 0 Å². The predicted molar refractivity (Wildman–Crippen MR) is 133 cm³/mol. The van der Waals surface area contributed by atoms with Crippen LogP contribution in [-0.2, 0) is 0 Å². The Labute approximate surface area is 194 Å². The van der Waals surface area contributed by atoms with Crippen molar-refractivity contribution in [3.05, 3.63) is 71.4 Å². The molecule has 1 aromatic heterocycles. The molecular formula is C26H29ClN2OS. The zero-order chi connectivity index (χ0) is 21.8. The Kier molecular flexibility index (Phi) is 7.09. The van der Waals surface area contributed by atoms with Gasteiger partial charge in [0.2, 0.25) is 0 Å². The summed E-state index contributed by atoms with van der Waals surface area (Å²) in [6, 6.07) is 19.2. The van der Waals surface area contributed by atoms with Crippen LogP contribution >= 0.6 is 23.4 Å². The lowest BCUT2D eigenvalue weighted by molar-refractivity contribution is 0.341. The second-order valence-electron chi connectivity index (χ2n) is 8.15. The van der Waals surface area contributed by atoms with Gasteiger partial charge in [-0.15, -0.1) is 11.8 Å². The molecule has 4 rings (SSSR count). The van der Waals surface area contributed by atoms with Crippen molar-refractivity contribution >= 4 is 29.1 Å². The minimum atomic E-state index is 0.476. The highest BCUT2D eigenvalue weighted by Crippen LogP contribution is 2.39. The maximum absolute atomic E-state index is 6.10. The van der Waals surface area contributed by atoms with Crippen LogP contribution in [0.3, 0.4) is 0 Å². The summed E-state index contributed by atoms with van der Waals surface area (Å²) < 4.78 is 6.10. The fraction of sp³-hybridized carbons (Fsp3) is 0.346. The summed E-state index contributed by atoms with van der Waals surface area (Å²) in [4.78, 5) is 6.88. The van der Waals surface area contributed by atoms with Crippen LogP contribution in [0, 0.1) is 0 Å². The molecule has 1 aliphatic rings. The molecule has 3 aromatic rings. The number of benzene rings is 2. The number of hydrogen-bond acceptors (Lipinski definition) is 4. The van der Waals surface area contributed by atoms with E-state index in [1.807, 2.05) is 30.8 Å². The van der Waals surface area contributed by atoms with Crippen molar-refractivity contribution in [2.24, 2.45) is 0 Å². The second-order valence-corrected chi connectivity index (χ2v) is 9.90. The highest BCUT2D eigenvalue weighted by Gasteiger charge is 2.26. The van der Waals surface area contributed by atoms with Crippen molar-refractivity contribution in [1.29, 1.82) is 0 Å². The van der Waals surface area contributed by atoms with Crippen LogP contribution in [0.5, 0.6) is 5.75 Å². The average molecular weight is 453 g/mol. The number of anilines is 1. The van der Waals surface area contributed by atoms with Gasteiger partial charge in [-0.3, -0.25) is 0 Å². The van der Waals surface area contributed by atoms with Gasteiger partial charge in [0.25, 0.3) is 0 Å². The smallest absolute Gasteiger partial charge is 0.143 e. The minimum absolute atomic E-state index is 0.476. The molecular weight excluding hydrogens is 424 g/mol. The van der Waals surface area contributed by atoms with Gasteiger partial charge in [-0.25, -0.2) is 4.98 Å². The third kappa shape index (κ3) is 5.19. The quantitative estimate of drug-likeness (QED) is 0.375. The highest BCUT2D eigenvalue weighted by atomic mass is 35.5. The van der Waals surface area contributed by atoms with E-state index in [1.165, 1.54) is 22.4 Å². The first-order valence-electron chi connectivity index (χ1n) is 10.9. The van der Waals surface area contributed by atoms with Crippen LogP contribution < -0.4 is 9.64 Å². The van der Waals surface area contributed by atoms with Gasteiger partial charge in [-0.1, -0.05) is 55.8 Å². The van der Waals surface area contributed by atoms with Gasteiger partial charge in [-0.2, -0.15) is 0 Å². The summed E-state index contributed by atoms with van der Waals surface area (Å²) in [6.07, 6.45) is 2.84. The lowest BCUT2D eigenvalue weighted by Crippen LogP contribution is -2.21. The lowest BCUT2D eigenvalue weighted by atomic mass is 9.92. The molecule has 1 atom stereocenters. The zero-order valence-electron chi connectivity index (χ0n) is 18.3. The summed E-state index contributed by atoms with van der Waals surface area (Å²) in [7, 11) is 0. The third-order valence-electron chi connectivity index (χ3n) is 5.63. The van der Waals surface area contributed by atoms with Crippen LogP contribution in [0.15, 0.2) is 65.8 Å². The maximum atomic E-state index is 6.10. The predicted octanol–water partition coefficient (Wildman–Crippen LogP) is 7.30. The first kappa shape index (κ1) is 22.0. The topological polar surface area (TPSA) is 25.4 Å². The van der Waals surface area contributed by atoms with Crippen LogP contribution in [-0.4, -0.2) is 29.9 Å². The van der Waals surface area contributed by atoms with Gasteiger partial charge in [0.05, 0.1) is 22.3 Å². The normalized spacial score (nSPS) is 16.2. The molecule has 1 fully saturated rings. The van der Waals surface area contributed by atoms with Crippen molar-refractivity contribution in [1.82, 2.24) is 4.98 Å². The van der Waals surface area contributed by atoms with Crippen molar-refractivity contribution in [2.75, 3.05) is 24.6 Å². The number of rotatable bonds is 7. The summed E-state index contributed by atoms with van der Waals surface area (Å²) in [6.45, 7) is 9.20. The van der Waals surface area contributed by atoms with Gasteiger partial charge < -0.3 is 9.64 Å². The van der Waals surface area contributed by atoms with Gasteiger partial charge in [-0.05, 0) is 60.2 Å². The van der Waals surface area contributed by atoms with E-state index in [4.69, 9.17) is 16.3 Å². The Morgan fingerprint density at radius 3 is 2.74 bits per heavy atom. The summed E-state index contributed by atoms with van der Waals surface area (Å²) in [5.41, 5.74) is 5.05. The molecule has 0 radical (unpaired) electrons. The standard InChI is InChI=1S/C26H29ClN2OS/c1-4-30-25-15-19(23-8-6-5-7-22(23)18(2)3)9-11-24(25)29-14-13-21(17-29)31-26-12-10-20(27)16-28-26/h5-12,15-16,18,21H,4,13-14,17H2,1-3H3/t21-/m0/s1. The molecule has 1 aliphatic heterocycles. The molecule has 2 heterocycles. The molecule has 0 aliphatic carbocycles. The van der Waals surface area contributed by atoms with Crippen molar-refractivity contribution in [3.8, 4) is 16.9 Å².